The number of rotatable bonds is 8. The normalized spacial score (nSPS) is 20.7. The highest BCUT2D eigenvalue weighted by Gasteiger charge is 2.41. The van der Waals surface area contributed by atoms with Crippen molar-refractivity contribution < 1.29 is 18.8 Å². The average molecular weight is 502 g/mol. The number of likely N-dealkylation sites (tertiary alicyclic amines) is 2. The summed E-state index contributed by atoms with van der Waals surface area (Å²) in [6.07, 6.45) is 6.39. The number of benzene rings is 1. The van der Waals surface area contributed by atoms with Crippen molar-refractivity contribution in [2.75, 3.05) is 32.8 Å². The van der Waals surface area contributed by atoms with Gasteiger partial charge in [-0.15, -0.1) is 0 Å². The van der Waals surface area contributed by atoms with Crippen molar-refractivity contribution in [3.63, 3.8) is 0 Å². The van der Waals surface area contributed by atoms with Crippen molar-refractivity contribution in [2.24, 2.45) is 5.41 Å². The van der Waals surface area contributed by atoms with Crippen LogP contribution in [0.4, 0.5) is 0 Å². The molecule has 35 heavy (non-hydrogen) atoms. The maximum absolute atomic E-state index is 13.3. The standard InChI is InChI=1S/C27H36ClN3O4/c1-20-24(21(2)35-29-20)10-11-25(32)31-15-7-12-27(18-31,17-26(33)30-13-4-3-5-14-30)19-34-23-9-6-8-22(28)16-23/h6,8-9,16H,3-5,7,10-15,17-19H2,1-2H3. The third-order valence-corrected chi connectivity index (χ3v) is 7.60. The summed E-state index contributed by atoms with van der Waals surface area (Å²) in [5.74, 6) is 1.72. The van der Waals surface area contributed by atoms with E-state index in [1.54, 1.807) is 6.07 Å². The summed E-state index contributed by atoms with van der Waals surface area (Å²) in [4.78, 5) is 30.4. The molecule has 2 aromatic rings. The number of nitrogens with zero attached hydrogens (tertiary/aromatic N) is 3. The minimum atomic E-state index is -0.423. The fourth-order valence-corrected chi connectivity index (χ4v) is 5.53. The van der Waals surface area contributed by atoms with Gasteiger partial charge in [0.1, 0.15) is 11.5 Å². The first-order chi connectivity index (χ1) is 16.8. The van der Waals surface area contributed by atoms with Gasteiger partial charge in [-0.1, -0.05) is 22.8 Å². The van der Waals surface area contributed by atoms with Crippen LogP contribution in [0.25, 0.3) is 0 Å². The third kappa shape index (κ3) is 6.57. The number of ether oxygens (including phenoxy) is 1. The van der Waals surface area contributed by atoms with Crippen molar-refractivity contribution in [3.05, 3.63) is 46.3 Å². The summed E-state index contributed by atoms with van der Waals surface area (Å²) >= 11 is 6.15. The highest BCUT2D eigenvalue weighted by molar-refractivity contribution is 6.30. The van der Waals surface area contributed by atoms with E-state index >= 15 is 0 Å². The molecule has 0 aliphatic carbocycles. The molecule has 2 aliphatic heterocycles. The van der Waals surface area contributed by atoms with Gasteiger partial charge in [0.25, 0.3) is 0 Å². The summed E-state index contributed by atoms with van der Waals surface area (Å²) in [5, 5.41) is 4.61. The lowest BCUT2D eigenvalue weighted by Gasteiger charge is -2.43. The van der Waals surface area contributed by atoms with E-state index in [1.807, 2.05) is 41.8 Å². The van der Waals surface area contributed by atoms with Gasteiger partial charge in [0.05, 0.1) is 12.3 Å². The van der Waals surface area contributed by atoms with E-state index in [0.29, 0.717) is 49.7 Å². The molecular formula is C27H36ClN3O4. The van der Waals surface area contributed by atoms with Crippen molar-refractivity contribution >= 4 is 23.4 Å². The number of halogens is 1. The Hall–Kier alpha value is -2.54. The summed E-state index contributed by atoms with van der Waals surface area (Å²) in [6.45, 7) is 7.03. The van der Waals surface area contributed by atoms with Crippen molar-refractivity contribution in [3.8, 4) is 5.75 Å². The Morgan fingerprint density at radius 2 is 1.86 bits per heavy atom. The lowest BCUT2D eigenvalue weighted by Crippen LogP contribution is -2.51. The molecule has 0 N–H and O–H groups in total. The molecule has 0 spiro atoms. The molecule has 0 radical (unpaired) electrons. The minimum absolute atomic E-state index is 0.0993. The molecule has 4 rings (SSSR count). The van der Waals surface area contributed by atoms with Gasteiger partial charge in [-0.25, -0.2) is 0 Å². The van der Waals surface area contributed by atoms with Crippen LogP contribution < -0.4 is 4.74 Å². The molecule has 1 aromatic carbocycles. The molecule has 1 unspecified atom stereocenters. The summed E-state index contributed by atoms with van der Waals surface area (Å²) < 4.78 is 11.4. The predicted octanol–water partition coefficient (Wildman–Crippen LogP) is 4.97. The number of aryl methyl sites for hydroxylation is 2. The maximum atomic E-state index is 13.3. The molecule has 1 aromatic heterocycles. The Bertz CT molecular complexity index is 1010. The number of carbonyl (C=O) groups is 2. The molecular weight excluding hydrogens is 466 g/mol. The van der Waals surface area contributed by atoms with E-state index in [4.69, 9.17) is 20.9 Å². The Morgan fingerprint density at radius 1 is 1.09 bits per heavy atom. The fourth-order valence-electron chi connectivity index (χ4n) is 5.35. The van der Waals surface area contributed by atoms with Crippen LogP contribution in [0.5, 0.6) is 5.75 Å². The zero-order valence-electron chi connectivity index (χ0n) is 20.9. The van der Waals surface area contributed by atoms with Gasteiger partial charge in [0, 0.05) is 55.0 Å². The molecule has 0 bridgehead atoms. The number of hydrogen-bond donors (Lipinski definition) is 0. The van der Waals surface area contributed by atoms with E-state index in [-0.39, 0.29) is 11.8 Å². The number of carbonyl (C=O) groups excluding carboxylic acids is 2. The first-order valence-electron chi connectivity index (χ1n) is 12.7. The molecule has 0 saturated carbocycles. The van der Waals surface area contributed by atoms with E-state index in [0.717, 1.165) is 55.8 Å². The molecule has 2 saturated heterocycles. The maximum Gasteiger partial charge on any atom is 0.223 e. The van der Waals surface area contributed by atoms with Crippen LogP contribution in [0.2, 0.25) is 5.02 Å². The Morgan fingerprint density at radius 3 is 2.57 bits per heavy atom. The van der Waals surface area contributed by atoms with Gasteiger partial charge >= 0.3 is 0 Å². The first-order valence-corrected chi connectivity index (χ1v) is 13.1. The number of hydrogen-bond acceptors (Lipinski definition) is 5. The molecule has 190 valence electrons. The topological polar surface area (TPSA) is 75.9 Å². The second kappa shape index (κ2) is 11.5. The second-order valence-electron chi connectivity index (χ2n) is 10.1. The van der Waals surface area contributed by atoms with Crippen LogP contribution >= 0.6 is 11.6 Å². The Balaban J connectivity index is 1.46. The van der Waals surface area contributed by atoms with Crippen molar-refractivity contribution in [1.29, 1.82) is 0 Å². The second-order valence-corrected chi connectivity index (χ2v) is 10.5. The summed E-state index contributed by atoms with van der Waals surface area (Å²) in [7, 11) is 0. The average Bonchev–Trinajstić information content (AvgIpc) is 3.19. The van der Waals surface area contributed by atoms with Gasteiger partial charge in [0.15, 0.2) is 0 Å². The Kier molecular flexibility index (Phi) is 8.37. The third-order valence-electron chi connectivity index (χ3n) is 7.36. The van der Waals surface area contributed by atoms with Gasteiger partial charge in [-0.05, 0) is 70.6 Å². The molecule has 3 heterocycles. The highest BCUT2D eigenvalue weighted by atomic mass is 35.5. The molecule has 7 nitrogen and oxygen atoms in total. The number of piperidine rings is 2. The predicted molar refractivity (Wildman–Crippen MR) is 135 cm³/mol. The van der Waals surface area contributed by atoms with Crippen LogP contribution in [0.15, 0.2) is 28.8 Å². The minimum Gasteiger partial charge on any atom is -0.493 e. The Labute approximate surface area is 212 Å². The molecule has 2 amide bonds. The van der Waals surface area contributed by atoms with Gasteiger partial charge in [-0.3, -0.25) is 9.59 Å². The summed E-state index contributed by atoms with van der Waals surface area (Å²) in [5.41, 5.74) is 1.42. The zero-order chi connectivity index (χ0) is 24.8. The van der Waals surface area contributed by atoms with E-state index in [9.17, 15) is 9.59 Å². The molecule has 8 heteroatoms. The van der Waals surface area contributed by atoms with Crippen LogP contribution in [0.1, 0.15) is 62.0 Å². The first kappa shape index (κ1) is 25.5. The van der Waals surface area contributed by atoms with E-state index in [2.05, 4.69) is 5.16 Å². The van der Waals surface area contributed by atoms with Crippen LogP contribution in [-0.2, 0) is 16.0 Å². The monoisotopic (exact) mass is 501 g/mol. The van der Waals surface area contributed by atoms with Crippen molar-refractivity contribution in [1.82, 2.24) is 15.0 Å². The van der Waals surface area contributed by atoms with Gasteiger partial charge in [0.2, 0.25) is 11.8 Å². The van der Waals surface area contributed by atoms with E-state index in [1.165, 1.54) is 6.42 Å². The lowest BCUT2D eigenvalue weighted by molar-refractivity contribution is -0.142. The largest absolute Gasteiger partial charge is 0.493 e. The highest BCUT2D eigenvalue weighted by Crippen LogP contribution is 2.36. The van der Waals surface area contributed by atoms with Crippen LogP contribution in [0, 0.1) is 19.3 Å². The number of aromatic nitrogens is 1. The van der Waals surface area contributed by atoms with Crippen LogP contribution in [0.3, 0.4) is 0 Å². The van der Waals surface area contributed by atoms with E-state index < -0.39 is 5.41 Å². The molecule has 2 fully saturated rings. The molecule has 2 aliphatic rings. The summed E-state index contributed by atoms with van der Waals surface area (Å²) in [6, 6.07) is 7.33. The van der Waals surface area contributed by atoms with Crippen molar-refractivity contribution in [2.45, 2.75) is 65.2 Å². The zero-order valence-corrected chi connectivity index (χ0v) is 21.6. The smallest absolute Gasteiger partial charge is 0.223 e. The lowest BCUT2D eigenvalue weighted by atomic mass is 9.77. The van der Waals surface area contributed by atoms with Gasteiger partial charge < -0.3 is 19.1 Å². The van der Waals surface area contributed by atoms with Gasteiger partial charge in [-0.2, -0.15) is 0 Å². The number of amides is 2. The van der Waals surface area contributed by atoms with Crippen LogP contribution in [-0.4, -0.2) is 59.6 Å². The molecule has 1 atom stereocenters. The quantitative estimate of drug-likeness (QED) is 0.510. The SMILES string of the molecule is Cc1noc(C)c1CCC(=O)N1CCCC(COc2cccc(Cl)c2)(CC(=O)N2CCCCC2)C1. The fraction of sp³-hybridized carbons (Fsp3) is 0.593.